The van der Waals surface area contributed by atoms with Crippen LogP contribution < -0.4 is 5.69 Å². The van der Waals surface area contributed by atoms with Crippen molar-refractivity contribution >= 4 is 0 Å². The van der Waals surface area contributed by atoms with Crippen LogP contribution in [0.4, 0.5) is 0 Å². The molecule has 2 aromatic rings. The van der Waals surface area contributed by atoms with E-state index in [0.29, 0.717) is 5.82 Å². The second kappa shape index (κ2) is 2.85. The molecular formula is C8H8N4O. The highest BCUT2D eigenvalue weighted by atomic mass is 16.1. The van der Waals surface area contributed by atoms with Crippen molar-refractivity contribution in [2.45, 2.75) is 6.92 Å². The molecule has 0 fully saturated rings. The summed E-state index contributed by atoms with van der Waals surface area (Å²) in [6.45, 7) is 1.80. The summed E-state index contributed by atoms with van der Waals surface area (Å²) in [4.78, 5) is 17.3. The van der Waals surface area contributed by atoms with Gasteiger partial charge in [-0.05, 0) is 13.0 Å². The number of aromatic amines is 1. The number of hydrogen-bond donors (Lipinski definition) is 1. The Labute approximate surface area is 74.1 Å². The fourth-order valence-corrected chi connectivity index (χ4v) is 1.08. The van der Waals surface area contributed by atoms with Crippen LogP contribution in [0.5, 0.6) is 0 Å². The van der Waals surface area contributed by atoms with E-state index in [1.807, 2.05) is 0 Å². The molecule has 0 radical (unpaired) electrons. The average molecular weight is 176 g/mol. The van der Waals surface area contributed by atoms with E-state index >= 15 is 0 Å². The van der Waals surface area contributed by atoms with Crippen LogP contribution in [-0.2, 0) is 0 Å². The molecule has 0 aromatic carbocycles. The number of nitrogens with zero attached hydrogens (tertiary/aromatic N) is 3. The lowest BCUT2D eigenvalue weighted by Crippen LogP contribution is -2.15. The smallest absolute Gasteiger partial charge is 0.310 e. The van der Waals surface area contributed by atoms with Crippen molar-refractivity contribution < 1.29 is 0 Å². The van der Waals surface area contributed by atoms with Gasteiger partial charge in [-0.25, -0.2) is 9.48 Å². The van der Waals surface area contributed by atoms with E-state index in [0.717, 1.165) is 5.69 Å². The molecule has 13 heavy (non-hydrogen) atoms. The third-order valence-corrected chi connectivity index (χ3v) is 1.60. The first-order valence-corrected chi connectivity index (χ1v) is 3.84. The molecule has 0 unspecified atom stereocenters. The molecule has 0 atom stereocenters. The van der Waals surface area contributed by atoms with Crippen LogP contribution in [0.25, 0.3) is 5.82 Å². The molecule has 0 bridgehead atoms. The molecule has 0 aliphatic heterocycles. The Hall–Kier alpha value is -1.91. The highest BCUT2D eigenvalue weighted by Gasteiger charge is 1.99. The number of aryl methyl sites for hydroxylation is 1. The van der Waals surface area contributed by atoms with Gasteiger partial charge in [-0.1, -0.05) is 0 Å². The summed E-state index contributed by atoms with van der Waals surface area (Å²) in [5, 5.41) is 3.97. The van der Waals surface area contributed by atoms with Crippen molar-refractivity contribution in [1.29, 1.82) is 0 Å². The molecule has 0 spiro atoms. The lowest BCUT2D eigenvalue weighted by molar-refractivity contribution is 0.823. The minimum atomic E-state index is -0.356. The van der Waals surface area contributed by atoms with E-state index in [2.05, 4.69) is 15.1 Å². The summed E-state index contributed by atoms with van der Waals surface area (Å²) >= 11 is 0. The normalized spacial score (nSPS) is 10.2. The van der Waals surface area contributed by atoms with Crippen molar-refractivity contribution in [1.82, 2.24) is 19.7 Å². The summed E-state index contributed by atoms with van der Waals surface area (Å²) in [7, 11) is 0. The van der Waals surface area contributed by atoms with Gasteiger partial charge >= 0.3 is 5.69 Å². The number of aromatic nitrogens is 4. The van der Waals surface area contributed by atoms with Crippen LogP contribution in [0.1, 0.15) is 5.69 Å². The minimum absolute atomic E-state index is 0.356. The topological polar surface area (TPSA) is 63.6 Å². The first-order chi connectivity index (χ1) is 6.25. The van der Waals surface area contributed by atoms with Crippen LogP contribution in [0.15, 0.2) is 29.3 Å². The molecule has 5 nitrogen and oxygen atoms in total. The second-order valence-corrected chi connectivity index (χ2v) is 2.68. The number of nitrogens with one attached hydrogen (secondary N) is 1. The largest absolute Gasteiger partial charge is 0.347 e. The van der Waals surface area contributed by atoms with Gasteiger partial charge in [0, 0.05) is 24.2 Å². The highest BCUT2D eigenvalue weighted by molar-refractivity contribution is 5.21. The molecule has 1 N–H and O–H groups in total. The third-order valence-electron chi connectivity index (χ3n) is 1.60. The predicted octanol–water partition coefficient (Wildman–Crippen LogP) is 0.264. The Morgan fingerprint density at radius 2 is 2.38 bits per heavy atom. The maximum absolute atomic E-state index is 11.0. The zero-order chi connectivity index (χ0) is 9.26. The number of rotatable bonds is 1. The third kappa shape index (κ3) is 1.48. The first-order valence-electron chi connectivity index (χ1n) is 3.84. The van der Waals surface area contributed by atoms with E-state index in [-0.39, 0.29) is 5.69 Å². The molecule has 0 amide bonds. The zero-order valence-electron chi connectivity index (χ0n) is 7.06. The van der Waals surface area contributed by atoms with Gasteiger partial charge in [0.25, 0.3) is 0 Å². The van der Waals surface area contributed by atoms with Crippen LogP contribution in [-0.4, -0.2) is 19.7 Å². The SMILES string of the molecule is Cc1cc(-n2cccn2)nc(=O)[nH]1. The predicted molar refractivity (Wildman–Crippen MR) is 46.7 cm³/mol. The van der Waals surface area contributed by atoms with Crippen LogP contribution >= 0.6 is 0 Å². The van der Waals surface area contributed by atoms with Crippen LogP contribution in [0.3, 0.4) is 0 Å². The van der Waals surface area contributed by atoms with Gasteiger partial charge in [-0.2, -0.15) is 10.1 Å². The molecule has 66 valence electrons. The van der Waals surface area contributed by atoms with Crippen LogP contribution in [0, 0.1) is 6.92 Å². The molecule has 0 aliphatic rings. The van der Waals surface area contributed by atoms with E-state index in [1.54, 1.807) is 36.1 Å². The maximum Gasteiger partial charge on any atom is 0.347 e. The van der Waals surface area contributed by atoms with Gasteiger partial charge in [-0.3, -0.25) is 0 Å². The molecule has 0 saturated heterocycles. The van der Waals surface area contributed by atoms with Gasteiger partial charge in [-0.15, -0.1) is 0 Å². The Bertz CT molecular complexity index is 457. The highest BCUT2D eigenvalue weighted by Crippen LogP contribution is 1.99. The zero-order valence-corrected chi connectivity index (χ0v) is 7.06. The summed E-state index contributed by atoms with van der Waals surface area (Å²) < 4.78 is 1.54. The van der Waals surface area contributed by atoms with Crippen molar-refractivity contribution in [2.75, 3.05) is 0 Å². The molecule has 2 rings (SSSR count). The number of H-pyrrole nitrogens is 1. The standard InChI is InChI=1S/C8H8N4O/c1-6-5-7(11-8(13)10-6)12-4-2-3-9-12/h2-5H,1H3,(H,10,11,13). The van der Waals surface area contributed by atoms with Gasteiger partial charge in [0.15, 0.2) is 5.82 Å². The van der Waals surface area contributed by atoms with Gasteiger partial charge < -0.3 is 4.98 Å². The maximum atomic E-state index is 11.0. The molecular weight excluding hydrogens is 168 g/mol. The average Bonchev–Trinajstić information content (AvgIpc) is 2.53. The molecule has 5 heteroatoms. The van der Waals surface area contributed by atoms with E-state index in [4.69, 9.17) is 0 Å². The second-order valence-electron chi connectivity index (χ2n) is 2.68. The Balaban J connectivity index is 2.59. The van der Waals surface area contributed by atoms with Gasteiger partial charge in [0.05, 0.1) is 0 Å². The molecule has 0 saturated carbocycles. The van der Waals surface area contributed by atoms with Crippen LogP contribution in [0.2, 0.25) is 0 Å². The van der Waals surface area contributed by atoms with Crippen molar-refractivity contribution in [3.63, 3.8) is 0 Å². The quantitative estimate of drug-likeness (QED) is 0.678. The monoisotopic (exact) mass is 176 g/mol. The van der Waals surface area contributed by atoms with E-state index in [9.17, 15) is 4.79 Å². The van der Waals surface area contributed by atoms with E-state index in [1.165, 1.54) is 0 Å². The summed E-state index contributed by atoms with van der Waals surface area (Å²) in [6.07, 6.45) is 3.37. The van der Waals surface area contributed by atoms with Gasteiger partial charge in [0.1, 0.15) is 0 Å². The summed E-state index contributed by atoms with van der Waals surface area (Å²) in [6, 6.07) is 3.53. The van der Waals surface area contributed by atoms with E-state index < -0.39 is 0 Å². The summed E-state index contributed by atoms with van der Waals surface area (Å²) in [5.74, 6) is 0.534. The van der Waals surface area contributed by atoms with Crippen molar-refractivity contribution in [2.24, 2.45) is 0 Å². The molecule has 0 aliphatic carbocycles. The Morgan fingerprint density at radius 3 is 3.00 bits per heavy atom. The molecule has 2 aromatic heterocycles. The summed E-state index contributed by atoms with van der Waals surface area (Å²) in [5.41, 5.74) is 0.413. The lowest BCUT2D eigenvalue weighted by Gasteiger charge is -1.99. The fraction of sp³-hybridized carbons (Fsp3) is 0.125. The lowest BCUT2D eigenvalue weighted by atomic mass is 10.4. The molecule has 2 heterocycles. The van der Waals surface area contributed by atoms with Crippen molar-refractivity contribution in [3.8, 4) is 5.82 Å². The Kier molecular flexibility index (Phi) is 1.70. The number of hydrogen-bond acceptors (Lipinski definition) is 3. The fourth-order valence-electron chi connectivity index (χ4n) is 1.08. The van der Waals surface area contributed by atoms with Crippen molar-refractivity contribution in [3.05, 3.63) is 40.7 Å². The first kappa shape index (κ1) is 7.72. The minimum Gasteiger partial charge on any atom is -0.310 e. The Morgan fingerprint density at radius 1 is 1.54 bits per heavy atom. The van der Waals surface area contributed by atoms with Gasteiger partial charge in [0.2, 0.25) is 0 Å².